The van der Waals surface area contributed by atoms with E-state index in [9.17, 15) is 0 Å². The van der Waals surface area contributed by atoms with E-state index in [0.717, 1.165) is 0 Å². The smallest absolute Gasteiger partial charge is 0.0541 e. The van der Waals surface area contributed by atoms with Crippen molar-refractivity contribution in [2.24, 2.45) is 0 Å². The second-order valence-electron chi connectivity index (χ2n) is 12.1. The molecular formula is C44H27N. The summed E-state index contributed by atoms with van der Waals surface area (Å²) in [5.74, 6) is 0. The first-order chi connectivity index (χ1) is 22.3. The minimum Gasteiger partial charge on any atom is -0.309 e. The molecule has 0 bridgehead atoms. The van der Waals surface area contributed by atoms with Crippen molar-refractivity contribution in [3.8, 4) is 50.2 Å². The summed E-state index contributed by atoms with van der Waals surface area (Å²) < 4.78 is 2.41. The highest BCUT2D eigenvalue weighted by molar-refractivity contribution is 6.19. The molecule has 0 saturated heterocycles. The second kappa shape index (κ2) is 9.29. The van der Waals surface area contributed by atoms with E-state index >= 15 is 0 Å². The van der Waals surface area contributed by atoms with Crippen LogP contribution < -0.4 is 0 Å². The van der Waals surface area contributed by atoms with Crippen LogP contribution in [0.3, 0.4) is 0 Å². The van der Waals surface area contributed by atoms with Crippen LogP contribution in [0.4, 0.5) is 0 Å². The zero-order valence-corrected chi connectivity index (χ0v) is 24.5. The van der Waals surface area contributed by atoms with Gasteiger partial charge in [0.05, 0.1) is 11.0 Å². The molecule has 9 aromatic rings. The van der Waals surface area contributed by atoms with Crippen LogP contribution in [0.25, 0.3) is 93.5 Å². The van der Waals surface area contributed by atoms with E-state index in [-0.39, 0.29) is 0 Å². The second-order valence-corrected chi connectivity index (χ2v) is 12.1. The number of para-hydroxylation sites is 1. The van der Waals surface area contributed by atoms with Crippen molar-refractivity contribution >= 4 is 43.4 Å². The average molecular weight is 570 g/mol. The van der Waals surface area contributed by atoms with Gasteiger partial charge in [-0.2, -0.15) is 0 Å². The van der Waals surface area contributed by atoms with Gasteiger partial charge in [0.25, 0.3) is 0 Å². The zero-order valence-electron chi connectivity index (χ0n) is 24.5. The van der Waals surface area contributed by atoms with Crippen LogP contribution in [0.5, 0.6) is 0 Å². The molecule has 0 N–H and O–H groups in total. The third-order valence-corrected chi connectivity index (χ3v) is 9.74. The van der Waals surface area contributed by atoms with Gasteiger partial charge in [0.15, 0.2) is 0 Å². The van der Waals surface area contributed by atoms with Crippen LogP contribution in [0.2, 0.25) is 0 Å². The topological polar surface area (TPSA) is 4.93 Å². The lowest BCUT2D eigenvalue weighted by molar-refractivity contribution is 1.18. The molecule has 0 spiro atoms. The maximum atomic E-state index is 2.41. The van der Waals surface area contributed by atoms with Gasteiger partial charge < -0.3 is 4.57 Å². The largest absolute Gasteiger partial charge is 0.309 e. The standard InChI is InChI=1S/C44H27N/c1-2-12-31(13-3-1)45-42-24-20-29(33-17-8-11-28-10-4-5-14-32(28)33)26-40(42)41-27-30(21-25-43(41)45)34-22-23-39-36-16-7-6-15-35(36)38-19-9-18-37(34)44(38)39/h1-27H. The molecule has 10 rings (SSSR count). The van der Waals surface area contributed by atoms with E-state index in [2.05, 4.69) is 168 Å². The van der Waals surface area contributed by atoms with Crippen molar-refractivity contribution in [1.82, 2.24) is 4.57 Å². The highest BCUT2D eigenvalue weighted by Gasteiger charge is 2.23. The molecule has 0 aliphatic heterocycles. The molecule has 1 aromatic heterocycles. The number of hydrogen-bond donors (Lipinski definition) is 0. The summed E-state index contributed by atoms with van der Waals surface area (Å²) in [5, 5.41) is 7.74. The van der Waals surface area contributed by atoms with Crippen molar-refractivity contribution in [3.05, 3.63) is 164 Å². The van der Waals surface area contributed by atoms with Crippen molar-refractivity contribution in [2.75, 3.05) is 0 Å². The first kappa shape index (κ1) is 24.5. The molecule has 1 nitrogen and oxygen atoms in total. The Labute approximate surface area is 261 Å². The molecule has 8 aromatic carbocycles. The molecule has 0 saturated carbocycles. The molecule has 1 aliphatic carbocycles. The molecule has 0 atom stereocenters. The Morgan fingerprint density at radius 3 is 1.58 bits per heavy atom. The first-order valence-electron chi connectivity index (χ1n) is 15.6. The summed E-state index contributed by atoms with van der Waals surface area (Å²) in [6.07, 6.45) is 0. The highest BCUT2D eigenvalue weighted by Crippen LogP contribution is 2.49. The molecule has 0 radical (unpaired) electrons. The fourth-order valence-electron chi connectivity index (χ4n) is 7.75. The molecule has 0 amide bonds. The van der Waals surface area contributed by atoms with Gasteiger partial charge in [0, 0.05) is 16.5 Å². The predicted molar refractivity (Wildman–Crippen MR) is 191 cm³/mol. The summed E-state index contributed by atoms with van der Waals surface area (Å²) in [6, 6.07) is 60.2. The van der Waals surface area contributed by atoms with Crippen molar-refractivity contribution in [2.45, 2.75) is 0 Å². The maximum absolute atomic E-state index is 2.41. The fraction of sp³-hybridized carbons (Fsp3) is 0. The quantitative estimate of drug-likeness (QED) is 0.199. The lowest BCUT2D eigenvalue weighted by atomic mass is 9.93. The Bertz CT molecular complexity index is 2600. The number of fused-ring (bicyclic) bond motifs is 7. The average Bonchev–Trinajstić information content (AvgIpc) is 3.62. The number of rotatable bonds is 3. The number of aromatic nitrogens is 1. The molecule has 1 heteroatoms. The van der Waals surface area contributed by atoms with E-state index < -0.39 is 0 Å². The first-order valence-corrected chi connectivity index (χ1v) is 15.6. The minimum absolute atomic E-state index is 1.17. The van der Waals surface area contributed by atoms with Crippen LogP contribution >= 0.6 is 0 Å². The number of hydrogen-bond acceptors (Lipinski definition) is 0. The predicted octanol–water partition coefficient (Wildman–Crippen LogP) is 12.1. The summed E-state index contributed by atoms with van der Waals surface area (Å²) >= 11 is 0. The molecule has 208 valence electrons. The van der Waals surface area contributed by atoms with Crippen LogP contribution in [0, 0.1) is 0 Å². The zero-order chi connectivity index (χ0) is 29.5. The Hall–Kier alpha value is -5.92. The van der Waals surface area contributed by atoms with Gasteiger partial charge in [0.1, 0.15) is 0 Å². The van der Waals surface area contributed by atoms with Crippen molar-refractivity contribution in [3.63, 3.8) is 0 Å². The minimum atomic E-state index is 1.17. The van der Waals surface area contributed by atoms with Gasteiger partial charge in [-0.25, -0.2) is 0 Å². The van der Waals surface area contributed by atoms with Crippen LogP contribution in [0.1, 0.15) is 0 Å². The lowest BCUT2D eigenvalue weighted by Gasteiger charge is -2.11. The van der Waals surface area contributed by atoms with Gasteiger partial charge in [-0.1, -0.05) is 127 Å². The summed E-state index contributed by atoms with van der Waals surface area (Å²) in [6.45, 7) is 0. The molecule has 45 heavy (non-hydrogen) atoms. The van der Waals surface area contributed by atoms with E-state index in [4.69, 9.17) is 0 Å². The monoisotopic (exact) mass is 569 g/mol. The maximum Gasteiger partial charge on any atom is 0.0541 e. The van der Waals surface area contributed by atoms with Gasteiger partial charge >= 0.3 is 0 Å². The van der Waals surface area contributed by atoms with E-state index in [1.165, 1.54) is 93.5 Å². The lowest BCUT2D eigenvalue weighted by Crippen LogP contribution is -1.93. The van der Waals surface area contributed by atoms with Gasteiger partial charge in [-0.05, 0) is 102 Å². The third-order valence-electron chi connectivity index (χ3n) is 9.74. The Morgan fingerprint density at radius 2 is 0.822 bits per heavy atom. The Balaban J connectivity index is 1.24. The molecule has 1 heterocycles. The Morgan fingerprint density at radius 1 is 0.311 bits per heavy atom. The van der Waals surface area contributed by atoms with Gasteiger partial charge in [-0.15, -0.1) is 0 Å². The number of benzene rings is 8. The molecular weight excluding hydrogens is 542 g/mol. The molecule has 0 unspecified atom stereocenters. The SMILES string of the molecule is c1ccc(-n2c3ccc(-c4cccc5ccccc45)cc3c3cc(-c4ccc5c6c(cccc46)-c4ccccc4-5)ccc32)cc1. The van der Waals surface area contributed by atoms with E-state index in [1.807, 2.05) is 0 Å². The van der Waals surface area contributed by atoms with Crippen LogP contribution in [-0.2, 0) is 0 Å². The third kappa shape index (κ3) is 3.50. The van der Waals surface area contributed by atoms with Gasteiger partial charge in [-0.3, -0.25) is 0 Å². The van der Waals surface area contributed by atoms with E-state index in [0.29, 0.717) is 0 Å². The van der Waals surface area contributed by atoms with Gasteiger partial charge in [0.2, 0.25) is 0 Å². The molecule has 0 fully saturated rings. The van der Waals surface area contributed by atoms with Crippen molar-refractivity contribution < 1.29 is 0 Å². The highest BCUT2D eigenvalue weighted by atomic mass is 15.0. The van der Waals surface area contributed by atoms with E-state index in [1.54, 1.807) is 0 Å². The van der Waals surface area contributed by atoms with Crippen LogP contribution in [0.15, 0.2) is 164 Å². The Kier molecular flexibility index (Phi) is 5.06. The van der Waals surface area contributed by atoms with Crippen molar-refractivity contribution in [1.29, 1.82) is 0 Å². The summed E-state index contributed by atoms with van der Waals surface area (Å²) in [7, 11) is 0. The van der Waals surface area contributed by atoms with Crippen LogP contribution in [-0.4, -0.2) is 4.57 Å². The summed E-state index contributed by atoms with van der Waals surface area (Å²) in [5.41, 5.74) is 13.9. The fourth-order valence-corrected chi connectivity index (χ4v) is 7.75. The summed E-state index contributed by atoms with van der Waals surface area (Å²) in [4.78, 5) is 0. The number of nitrogens with zero attached hydrogens (tertiary/aromatic N) is 1. The molecule has 1 aliphatic rings. The normalized spacial score (nSPS) is 12.0.